The van der Waals surface area contributed by atoms with Crippen LogP contribution in [0.1, 0.15) is 0 Å². The second-order valence-corrected chi connectivity index (χ2v) is 0.971. The molecule has 0 saturated heterocycles. The molecule has 0 aromatic carbocycles. The van der Waals surface area contributed by atoms with Crippen molar-refractivity contribution in [1.29, 1.82) is 0 Å². The Labute approximate surface area is 118 Å². The standard InChI is InChI=1S/C4H4O4.2Na.3H2O/c5-3(6)1-2-4(7)8;;;;;/h1-2H,(H,5,6)(H,7,8);;;3*1H2/q;2*+1;;;/p-2/b2-1-;;;;;. The van der Waals surface area contributed by atoms with E-state index in [4.69, 9.17) is 0 Å². The monoisotopic (exact) mass is 214 g/mol. The Bertz CT molecular complexity index is 129. The fraction of sp³-hybridized carbons (Fsp3) is 0. The van der Waals surface area contributed by atoms with E-state index in [2.05, 4.69) is 0 Å². The van der Waals surface area contributed by atoms with Crippen molar-refractivity contribution >= 4 is 11.9 Å². The SMILES string of the molecule is O.O.O.O=C([O-])/C=C\C(=O)[O-].[Na+].[Na+]. The van der Waals surface area contributed by atoms with Gasteiger partial charge in [-0.05, 0) is 12.2 Å². The third-order valence-electron chi connectivity index (χ3n) is 0.355. The first-order chi connectivity index (χ1) is 3.63. The smallest absolute Gasteiger partial charge is 0.545 e. The van der Waals surface area contributed by atoms with E-state index in [0.29, 0.717) is 12.2 Å². The molecule has 0 aromatic rings. The van der Waals surface area contributed by atoms with Gasteiger partial charge < -0.3 is 36.2 Å². The molecule has 0 unspecified atom stereocenters. The molecule has 0 spiro atoms. The zero-order valence-electron chi connectivity index (χ0n) is 7.29. The molecule has 0 saturated carbocycles. The van der Waals surface area contributed by atoms with E-state index >= 15 is 0 Å². The average molecular weight is 214 g/mol. The molecule has 6 N–H and O–H groups in total. The van der Waals surface area contributed by atoms with Gasteiger partial charge in [0, 0.05) is 0 Å². The molecular weight excluding hydrogens is 206 g/mol. The van der Waals surface area contributed by atoms with Gasteiger partial charge >= 0.3 is 59.1 Å². The first kappa shape index (κ1) is 37.4. The molecule has 0 aliphatic heterocycles. The van der Waals surface area contributed by atoms with Crippen LogP contribution in [0.15, 0.2) is 12.2 Å². The van der Waals surface area contributed by atoms with Gasteiger partial charge in [0.25, 0.3) is 0 Å². The Kier molecular flexibility index (Phi) is 65.9. The topological polar surface area (TPSA) is 175 Å². The number of rotatable bonds is 2. The van der Waals surface area contributed by atoms with E-state index in [1.165, 1.54) is 0 Å². The molecule has 0 aromatic heterocycles. The van der Waals surface area contributed by atoms with Crippen LogP contribution in [-0.2, 0) is 9.59 Å². The molecule has 0 atom stereocenters. The van der Waals surface area contributed by atoms with Gasteiger partial charge in [0.05, 0.1) is 11.9 Å². The fourth-order valence-corrected chi connectivity index (χ4v) is 0.136. The minimum Gasteiger partial charge on any atom is -0.545 e. The van der Waals surface area contributed by atoms with Crippen LogP contribution in [0.3, 0.4) is 0 Å². The average Bonchev–Trinajstić information content (AvgIpc) is 1.61. The van der Waals surface area contributed by atoms with E-state index in [1.54, 1.807) is 0 Å². The van der Waals surface area contributed by atoms with Gasteiger partial charge in [-0.1, -0.05) is 0 Å². The van der Waals surface area contributed by atoms with Crippen LogP contribution in [0.2, 0.25) is 0 Å². The molecule has 9 heteroatoms. The van der Waals surface area contributed by atoms with Gasteiger partial charge in [-0.3, -0.25) is 0 Å². The minimum atomic E-state index is -1.55. The molecule has 0 radical (unpaired) electrons. The van der Waals surface area contributed by atoms with Crippen LogP contribution in [-0.4, -0.2) is 28.4 Å². The molecule has 13 heavy (non-hydrogen) atoms. The summed E-state index contributed by atoms with van der Waals surface area (Å²) in [5.74, 6) is -3.09. The van der Waals surface area contributed by atoms with E-state index < -0.39 is 11.9 Å². The number of aliphatic carboxylic acids is 2. The predicted octanol–water partition coefficient (Wildman–Crippen LogP) is -11.4. The van der Waals surface area contributed by atoms with E-state index in [0.717, 1.165) is 0 Å². The predicted molar refractivity (Wildman–Crippen MR) is 30.0 cm³/mol. The van der Waals surface area contributed by atoms with Crippen molar-refractivity contribution in [3.8, 4) is 0 Å². The van der Waals surface area contributed by atoms with Crippen molar-refractivity contribution in [3.63, 3.8) is 0 Å². The molecule has 0 heterocycles. The summed E-state index contributed by atoms with van der Waals surface area (Å²) in [6.45, 7) is 0. The van der Waals surface area contributed by atoms with Gasteiger partial charge in [0.1, 0.15) is 0 Å². The molecule has 0 fully saturated rings. The summed E-state index contributed by atoms with van der Waals surface area (Å²) in [4.78, 5) is 18.8. The first-order valence-corrected chi connectivity index (χ1v) is 1.73. The molecular formula is C4H8Na2O7. The van der Waals surface area contributed by atoms with E-state index in [-0.39, 0.29) is 75.5 Å². The number of carbonyl (C=O) groups is 2. The molecule has 0 aliphatic carbocycles. The number of carboxylic acids is 2. The Morgan fingerprint density at radius 1 is 0.769 bits per heavy atom. The zero-order chi connectivity index (χ0) is 6.57. The van der Waals surface area contributed by atoms with Crippen molar-refractivity contribution < 1.29 is 95.3 Å². The van der Waals surface area contributed by atoms with Crippen LogP contribution in [0.5, 0.6) is 0 Å². The van der Waals surface area contributed by atoms with Crippen molar-refractivity contribution in [1.82, 2.24) is 0 Å². The van der Waals surface area contributed by atoms with Gasteiger partial charge in [0.15, 0.2) is 0 Å². The summed E-state index contributed by atoms with van der Waals surface area (Å²) in [6.07, 6.45) is 0.769. The maximum absolute atomic E-state index is 9.41. The Morgan fingerprint density at radius 2 is 0.923 bits per heavy atom. The van der Waals surface area contributed by atoms with E-state index in [9.17, 15) is 19.8 Å². The first-order valence-electron chi connectivity index (χ1n) is 1.73. The number of hydrogen-bond donors (Lipinski definition) is 0. The molecule has 7 nitrogen and oxygen atoms in total. The van der Waals surface area contributed by atoms with Crippen LogP contribution in [0.25, 0.3) is 0 Å². The summed E-state index contributed by atoms with van der Waals surface area (Å²) in [5, 5.41) is 18.8. The second kappa shape index (κ2) is 22.9. The molecule has 0 amide bonds. The van der Waals surface area contributed by atoms with Crippen LogP contribution in [0.4, 0.5) is 0 Å². The number of carbonyl (C=O) groups excluding carboxylic acids is 2. The Morgan fingerprint density at radius 3 is 1.00 bits per heavy atom. The summed E-state index contributed by atoms with van der Waals surface area (Å²) >= 11 is 0. The maximum atomic E-state index is 9.41. The molecule has 0 bridgehead atoms. The molecule has 68 valence electrons. The molecule has 0 rings (SSSR count). The van der Waals surface area contributed by atoms with Crippen LogP contribution < -0.4 is 69.3 Å². The number of hydrogen-bond acceptors (Lipinski definition) is 4. The summed E-state index contributed by atoms with van der Waals surface area (Å²) < 4.78 is 0. The fourth-order valence-electron chi connectivity index (χ4n) is 0.136. The Hall–Kier alpha value is 0.560. The quantitative estimate of drug-likeness (QED) is 0.327. The van der Waals surface area contributed by atoms with Crippen molar-refractivity contribution in [2.24, 2.45) is 0 Å². The Balaban J connectivity index is -0.0000000245. The van der Waals surface area contributed by atoms with Gasteiger partial charge in [-0.15, -0.1) is 0 Å². The summed E-state index contributed by atoms with van der Waals surface area (Å²) in [6, 6.07) is 0. The summed E-state index contributed by atoms with van der Waals surface area (Å²) in [7, 11) is 0. The zero-order valence-corrected chi connectivity index (χ0v) is 11.3. The van der Waals surface area contributed by atoms with Crippen molar-refractivity contribution in [2.75, 3.05) is 0 Å². The third-order valence-corrected chi connectivity index (χ3v) is 0.355. The van der Waals surface area contributed by atoms with Crippen LogP contribution in [0, 0.1) is 0 Å². The largest absolute Gasteiger partial charge is 1.00 e. The number of carboxylic acid groups (broad SMARTS) is 2. The van der Waals surface area contributed by atoms with Crippen LogP contribution >= 0.6 is 0 Å². The van der Waals surface area contributed by atoms with Crippen molar-refractivity contribution in [3.05, 3.63) is 12.2 Å². The normalized spacial score (nSPS) is 5.85. The molecule has 0 aliphatic rings. The van der Waals surface area contributed by atoms with Crippen molar-refractivity contribution in [2.45, 2.75) is 0 Å². The van der Waals surface area contributed by atoms with Gasteiger partial charge in [0.2, 0.25) is 0 Å². The second-order valence-electron chi connectivity index (χ2n) is 0.971. The van der Waals surface area contributed by atoms with Gasteiger partial charge in [-0.25, -0.2) is 0 Å². The summed E-state index contributed by atoms with van der Waals surface area (Å²) in [5.41, 5.74) is 0. The minimum absolute atomic E-state index is 0. The third kappa shape index (κ3) is 45.3. The van der Waals surface area contributed by atoms with E-state index in [1.807, 2.05) is 0 Å². The maximum Gasteiger partial charge on any atom is 1.00 e. The van der Waals surface area contributed by atoms with Gasteiger partial charge in [-0.2, -0.15) is 0 Å².